The Morgan fingerprint density at radius 1 is 0.909 bits per heavy atom. The SMILES string of the molecule is O=C(OCC1CCC2(C1)OCCO2)C1CCC2(C1)OCCO2. The third-order valence-electron chi connectivity index (χ3n) is 5.39. The van der Waals surface area contributed by atoms with Crippen molar-refractivity contribution < 1.29 is 28.5 Å². The fourth-order valence-electron chi connectivity index (χ4n) is 4.22. The normalized spacial score (nSPS) is 35.6. The molecule has 2 atom stereocenters. The maximum absolute atomic E-state index is 12.3. The van der Waals surface area contributed by atoms with Crippen molar-refractivity contribution in [2.45, 2.75) is 50.1 Å². The highest BCUT2D eigenvalue weighted by Gasteiger charge is 2.48. The molecular weight excluding hydrogens is 288 g/mol. The molecule has 2 aliphatic carbocycles. The summed E-state index contributed by atoms with van der Waals surface area (Å²) in [6.07, 6.45) is 4.95. The minimum Gasteiger partial charge on any atom is -0.465 e. The first-order valence-corrected chi connectivity index (χ1v) is 8.41. The molecule has 6 heteroatoms. The lowest BCUT2D eigenvalue weighted by Crippen LogP contribution is -2.28. The largest absolute Gasteiger partial charge is 0.465 e. The van der Waals surface area contributed by atoms with Gasteiger partial charge in [-0.1, -0.05) is 0 Å². The molecule has 6 nitrogen and oxygen atoms in total. The molecule has 0 aromatic heterocycles. The standard InChI is InChI=1S/C16H24O6/c17-14(13-2-4-16(10-13)21-7-8-22-16)18-11-12-1-3-15(9-12)19-5-6-20-15/h12-13H,1-11H2. The van der Waals surface area contributed by atoms with Crippen molar-refractivity contribution in [3.8, 4) is 0 Å². The molecule has 2 saturated heterocycles. The maximum Gasteiger partial charge on any atom is 0.309 e. The van der Waals surface area contributed by atoms with E-state index < -0.39 is 5.79 Å². The molecule has 0 aromatic carbocycles. The van der Waals surface area contributed by atoms with Gasteiger partial charge in [0.05, 0.1) is 39.0 Å². The highest BCUT2D eigenvalue weighted by Crippen LogP contribution is 2.43. The zero-order chi connectivity index (χ0) is 15.0. The minimum atomic E-state index is -0.507. The molecule has 4 rings (SSSR count). The van der Waals surface area contributed by atoms with Gasteiger partial charge < -0.3 is 23.7 Å². The molecule has 2 heterocycles. The van der Waals surface area contributed by atoms with E-state index in [-0.39, 0.29) is 17.7 Å². The zero-order valence-corrected chi connectivity index (χ0v) is 12.9. The van der Waals surface area contributed by atoms with Crippen molar-refractivity contribution in [2.24, 2.45) is 11.8 Å². The average molecular weight is 312 g/mol. The fourth-order valence-corrected chi connectivity index (χ4v) is 4.22. The van der Waals surface area contributed by atoms with Crippen molar-refractivity contribution in [3.05, 3.63) is 0 Å². The summed E-state index contributed by atoms with van der Waals surface area (Å²) in [7, 11) is 0. The topological polar surface area (TPSA) is 63.2 Å². The second-order valence-electron chi connectivity index (χ2n) is 6.89. The van der Waals surface area contributed by atoms with Crippen LogP contribution in [0.4, 0.5) is 0 Å². The number of ether oxygens (including phenoxy) is 5. The summed E-state index contributed by atoms with van der Waals surface area (Å²) in [4.78, 5) is 12.3. The Balaban J connectivity index is 1.23. The average Bonchev–Trinajstić information content (AvgIpc) is 3.30. The van der Waals surface area contributed by atoms with Gasteiger partial charge in [0, 0.05) is 25.7 Å². The third kappa shape index (κ3) is 2.77. The van der Waals surface area contributed by atoms with Crippen LogP contribution in [0.3, 0.4) is 0 Å². The lowest BCUT2D eigenvalue weighted by molar-refractivity contribution is -0.165. The van der Waals surface area contributed by atoms with Crippen molar-refractivity contribution in [2.75, 3.05) is 33.0 Å². The minimum absolute atomic E-state index is 0.0903. The van der Waals surface area contributed by atoms with E-state index in [0.717, 1.165) is 32.1 Å². The van der Waals surface area contributed by atoms with Gasteiger partial charge >= 0.3 is 5.97 Å². The lowest BCUT2D eigenvalue weighted by Gasteiger charge is -2.22. The van der Waals surface area contributed by atoms with Crippen molar-refractivity contribution in [1.82, 2.24) is 0 Å². The van der Waals surface area contributed by atoms with Crippen molar-refractivity contribution >= 4 is 5.97 Å². The van der Waals surface area contributed by atoms with E-state index in [4.69, 9.17) is 23.7 Å². The second-order valence-corrected chi connectivity index (χ2v) is 6.89. The van der Waals surface area contributed by atoms with Gasteiger partial charge in [0.2, 0.25) is 0 Å². The lowest BCUT2D eigenvalue weighted by atomic mass is 10.1. The van der Waals surface area contributed by atoms with Gasteiger partial charge in [-0.2, -0.15) is 0 Å². The fraction of sp³-hybridized carbons (Fsp3) is 0.938. The Hall–Kier alpha value is -0.690. The van der Waals surface area contributed by atoms with Gasteiger partial charge in [-0.05, 0) is 18.8 Å². The molecule has 2 unspecified atom stereocenters. The summed E-state index contributed by atoms with van der Waals surface area (Å²) in [5.74, 6) is -0.749. The summed E-state index contributed by atoms with van der Waals surface area (Å²) in [5.41, 5.74) is 0. The highest BCUT2D eigenvalue weighted by molar-refractivity contribution is 5.73. The van der Waals surface area contributed by atoms with E-state index in [1.165, 1.54) is 0 Å². The van der Waals surface area contributed by atoms with Crippen LogP contribution in [-0.4, -0.2) is 50.6 Å². The van der Waals surface area contributed by atoms with Gasteiger partial charge in [0.1, 0.15) is 0 Å². The van der Waals surface area contributed by atoms with Crippen molar-refractivity contribution in [3.63, 3.8) is 0 Å². The maximum atomic E-state index is 12.3. The van der Waals surface area contributed by atoms with Crippen LogP contribution in [0.5, 0.6) is 0 Å². The molecule has 124 valence electrons. The first kappa shape index (κ1) is 14.9. The number of hydrogen-bond donors (Lipinski definition) is 0. The summed E-state index contributed by atoms with van der Waals surface area (Å²) < 4.78 is 28.3. The second kappa shape index (κ2) is 5.74. The Morgan fingerprint density at radius 2 is 1.50 bits per heavy atom. The Bertz CT molecular complexity index is 424. The quantitative estimate of drug-likeness (QED) is 0.738. The molecule has 0 N–H and O–H groups in total. The van der Waals surface area contributed by atoms with Gasteiger partial charge in [-0.25, -0.2) is 0 Å². The predicted molar refractivity (Wildman–Crippen MR) is 74.9 cm³/mol. The van der Waals surface area contributed by atoms with E-state index in [2.05, 4.69) is 0 Å². The highest BCUT2D eigenvalue weighted by atomic mass is 16.7. The van der Waals surface area contributed by atoms with Gasteiger partial charge in [0.15, 0.2) is 11.6 Å². The summed E-state index contributed by atoms with van der Waals surface area (Å²) in [5, 5.41) is 0. The Morgan fingerprint density at radius 3 is 2.18 bits per heavy atom. The van der Waals surface area contributed by atoms with E-state index in [1.54, 1.807) is 0 Å². The molecule has 0 radical (unpaired) electrons. The van der Waals surface area contributed by atoms with E-state index in [0.29, 0.717) is 45.4 Å². The summed E-state index contributed by atoms with van der Waals surface area (Å²) in [6, 6.07) is 0. The molecular formula is C16H24O6. The number of hydrogen-bond acceptors (Lipinski definition) is 6. The van der Waals surface area contributed by atoms with E-state index >= 15 is 0 Å². The van der Waals surface area contributed by atoms with Crippen molar-refractivity contribution in [1.29, 1.82) is 0 Å². The van der Waals surface area contributed by atoms with Crippen LogP contribution in [0.2, 0.25) is 0 Å². The van der Waals surface area contributed by atoms with Crippen LogP contribution < -0.4 is 0 Å². The van der Waals surface area contributed by atoms with Crippen LogP contribution in [0.25, 0.3) is 0 Å². The Kier molecular flexibility index (Phi) is 3.88. The molecule has 0 amide bonds. The smallest absolute Gasteiger partial charge is 0.309 e. The first-order chi connectivity index (χ1) is 10.7. The predicted octanol–water partition coefficient (Wildman–Crippen LogP) is 1.62. The van der Waals surface area contributed by atoms with E-state index in [9.17, 15) is 4.79 Å². The van der Waals surface area contributed by atoms with Crippen LogP contribution in [0.1, 0.15) is 38.5 Å². The number of rotatable bonds is 3. The van der Waals surface area contributed by atoms with Crippen LogP contribution >= 0.6 is 0 Å². The molecule has 0 bridgehead atoms. The van der Waals surface area contributed by atoms with Gasteiger partial charge in [0.25, 0.3) is 0 Å². The summed E-state index contributed by atoms with van der Waals surface area (Å²) in [6.45, 7) is 3.09. The van der Waals surface area contributed by atoms with Gasteiger partial charge in [-0.15, -0.1) is 0 Å². The van der Waals surface area contributed by atoms with Crippen LogP contribution in [-0.2, 0) is 28.5 Å². The molecule has 4 aliphatic rings. The zero-order valence-electron chi connectivity index (χ0n) is 12.9. The number of esters is 1. The molecule has 2 aliphatic heterocycles. The molecule has 2 saturated carbocycles. The third-order valence-corrected chi connectivity index (χ3v) is 5.39. The first-order valence-electron chi connectivity index (χ1n) is 8.41. The molecule has 0 aromatic rings. The Labute approximate surface area is 130 Å². The monoisotopic (exact) mass is 312 g/mol. The summed E-state index contributed by atoms with van der Waals surface area (Å²) >= 11 is 0. The van der Waals surface area contributed by atoms with Gasteiger partial charge in [-0.3, -0.25) is 4.79 Å². The molecule has 2 spiro atoms. The number of carbonyl (C=O) groups excluding carboxylic acids is 1. The van der Waals surface area contributed by atoms with Crippen LogP contribution in [0, 0.1) is 11.8 Å². The molecule has 4 fully saturated rings. The van der Waals surface area contributed by atoms with E-state index in [1.807, 2.05) is 0 Å². The molecule has 22 heavy (non-hydrogen) atoms. The number of carbonyl (C=O) groups is 1. The van der Waals surface area contributed by atoms with Crippen LogP contribution in [0.15, 0.2) is 0 Å².